The maximum atomic E-state index is 11.1. The third-order valence-electron chi connectivity index (χ3n) is 2.75. The van der Waals surface area contributed by atoms with Crippen molar-refractivity contribution in [2.24, 2.45) is 5.73 Å². The highest BCUT2D eigenvalue weighted by Gasteiger charge is 2.21. The van der Waals surface area contributed by atoms with Gasteiger partial charge in [0.25, 0.3) is 5.91 Å². The molecule has 2 rings (SSSR count). The number of imidazole rings is 1. The Balaban J connectivity index is 2.52. The first-order valence-electron chi connectivity index (χ1n) is 5.12. The molecule has 0 bridgehead atoms. The Labute approximate surface area is 83.1 Å². The summed E-state index contributed by atoms with van der Waals surface area (Å²) in [6.07, 6.45) is 4.11. The van der Waals surface area contributed by atoms with E-state index in [1.165, 1.54) is 6.42 Å². The number of hydrogen-bond donors (Lipinski definition) is 1. The van der Waals surface area contributed by atoms with E-state index in [4.69, 9.17) is 5.73 Å². The molecule has 0 aromatic carbocycles. The van der Waals surface area contributed by atoms with Crippen molar-refractivity contribution in [2.75, 3.05) is 0 Å². The van der Waals surface area contributed by atoms with Gasteiger partial charge in [0.05, 0.1) is 5.69 Å². The minimum Gasteiger partial charge on any atom is -0.364 e. The first-order chi connectivity index (χ1) is 6.74. The lowest BCUT2D eigenvalue weighted by Crippen LogP contribution is -2.17. The summed E-state index contributed by atoms with van der Waals surface area (Å²) in [5.41, 5.74) is 6.82. The fraction of sp³-hybridized carbons (Fsp3) is 0.600. The first kappa shape index (κ1) is 9.24. The van der Waals surface area contributed by atoms with Gasteiger partial charge in [-0.2, -0.15) is 0 Å². The number of nitrogens with two attached hydrogens (primary N) is 1. The van der Waals surface area contributed by atoms with Crippen LogP contribution in [0.25, 0.3) is 0 Å². The predicted octanol–water partition coefficient (Wildman–Crippen LogP) is 0.881. The molecule has 2 N–H and O–H groups in total. The molecule has 0 spiro atoms. The van der Waals surface area contributed by atoms with Gasteiger partial charge in [-0.3, -0.25) is 4.79 Å². The fourth-order valence-corrected chi connectivity index (χ4v) is 2.08. The van der Waals surface area contributed by atoms with Crippen LogP contribution in [0.2, 0.25) is 0 Å². The van der Waals surface area contributed by atoms with Crippen LogP contribution >= 0.6 is 0 Å². The molecule has 1 aliphatic heterocycles. The number of fused-ring (bicyclic) bond motifs is 1. The molecule has 14 heavy (non-hydrogen) atoms. The van der Waals surface area contributed by atoms with Gasteiger partial charge < -0.3 is 10.3 Å². The number of carbonyl (C=O) groups is 1. The molecule has 0 saturated heterocycles. The zero-order chi connectivity index (χ0) is 10.1. The predicted molar refractivity (Wildman–Crippen MR) is 53.1 cm³/mol. The smallest absolute Gasteiger partial charge is 0.269 e. The van der Waals surface area contributed by atoms with Gasteiger partial charge in [0, 0.05) is 13.0 Å². The molecule has 0 radical (unpaired) electrons. The summed E-state index contributed by atoms with van der Waals surface area (Å²) in [6, 6.07) is 0. The Morgan fingerprint density at radius 3 is 3.00 bits per heavy atom. The van der Waals surface area contributed by atoms with Crippen LogP contribution in [0.3, 0.4) is 0 Å². The van der Waals surface area contributed by atoms with Crippen LogP contribution in [0, 0.1) is 0 Å². The second kappa shape index (κ2) is 3.44. The van der Waals surface area contributed by atoms with Crippen LogP contribution in [0.4, 0.5) is 0 Å². The van der Waals surface area contributed by atoms with E-state index in [-0.39, 0.29) is 0 Å². The minimum absolute atomic E-state index is 0.393. The topological polar surface area (TPSA) is 60.9 Å². The number of carbonyl (C=O) groups excluding carboxylic acids is 1. The van der Waals surface area contributed by atoms with Crippen LogP contribution in [0.15, 0.2) is 0 Å². The normalized spacial score (nSPS) is 15.2. The summed E-state index contributed by atoms with van der Waals surface area (Å²) in [4.78, 5) is 15.4. The van der Waals surface area contributed by atoms with E-state index in [9.17, 15) is 4.79 Å². The van der Waals surface area contributed by atoms with Crippen molar-refractivity contribution in [3.63, 3.8) is 0 Å². The van der Waals surface area contributed by atoms with Crippen molar-refractivity contribution < 1.29 is 4.79 Å². The van der Waals surface area contributed by atoms with Gasteiger partial charge in [0.1, 0.15) is 11.5 Å². The summed E-state index contributed by atoms with van der Waals surface area (Å²) < 4.78 is 2.16. The van der Waals surface area contributed by atoms with Crippen LogP contribution in [0.1, 0.15) is 41.8 Å². The maximum absolute atomic E-state index is 11.1. The summed E-state index contributed by atoms with van der Waals surface area (Å²) in [7, 11) is 0. The van der Waals surface area contributed by atoms with Gasteiger partial charge in [-0.1, -0.05) is 6.92 Å². The van der Waals surface area contributed by atoms with Crippen LogP contribution < -0.4 is 5.73 Å². The van der Waals surface area contributed by atoms with E-state index < -0.39 is 5.91 Å². The number of nitrogens with zero attached hydrogens (tertiary/aromatic N) is 2. The molecule has 4 heteroatoms. The quantitative estimate of drug-likeness (QED) is 0.758. The van der Waals surface area contributed by atoms with Crippen molar-refractivity contribution in [3.05, 3.63) is 17.2 Å². The Morgan fingerprint density at radius 2 is 2.36 bits per heavy atom. The van der Waals surface area contributed by atoms with Gasteiger partial charge in [0.2, 0.25) is 0 Å². The molecule has 0 unspecified atom stereocenters. The largest absolute Gasteiger partial charge is 0.364 e. The summed E-state index contributed by atoms with van der Waals surface area (Å²) >= 11 is 0. The average molecular weight is 193 g/mol. The number of hydrogen-bond acceptors (Lipinski definition) is 2. The zero-order valence-electron chi connectivity index (χ0n) is 8.42. The molecule has 0 saturated carbocycles. The Morgan fingerprint density at radius 1 is 1.57 bits per heavy atom. The maximum Gasteiger partial charge on any atom is 0.269 e. The number of amides is 1. The lowest BCUT2D eigenvalue weighted by atomic mass is 10.1. The van der Waals surface area contributed by atoms with Crippen molar-refractivity contribution in [1.82, 2.24) is 9.55 Å². The molecule has 76 valence electrons. The van der Waals surface area contributed by atoms with Crippen LogP contribution in [-0.4, -0.2) is 15.5 Å². The summed E-state index contributed by atoms with van der Waals surface area (Å²) in [6.45, 7) is 3.04. The fourth-order valence-electron chi connectivity index (χ4n) is 2.08. The van der Waals surface area contributed by atoms with Gasteiger partial charge >= 0.3 is 0 Å². The number of primary amides is 1. The van der Waals surface area contributed by atoms with Crippen molar-refractivity contribution in [2.45, 2.75) is 39.2 Å². The molecule has 4 nitrogen and oxygen atoms in total. The van der Waals surface area contributed by atoms with Gasteiger partial charge in [-0.05, 0) is 19.3 Å². The lowest BCUT2D eigenvalue weighted by Gasteiger charge is -2.16. The molecule has 0 aliphatic carbocycles. The molecule has 1 aromatic rings. The summed E-state index contributed by atoms with van der Waals surface area (Å²) in [5.74, 6) is 0.601. The lowest BCUT2D eigenvalue weighted by molar-refractivity contribution is 0.0994. The molecular formula is C10H15N3O. The molecule has 0 atom stereocenters. The molecule has 0 fully saturated rings. The average Bonchev–Trinajstić information content (AvgIpc) is 2.56. The Hall–Kier alpha value is -1.32. The van der Waals surface area contributed by atoms with E-state index in [0.717, 1.165) is 37.3 Å². The van der Waals surface area contributed by atoms with Gasteiger partial charge in [-0.25, -0.2) is 4.98 Å². The highest BCUT2D eigenvalue weighted by atomic mass is 16.1. The van der Waals surface area contributed by atoms with Gasteiger partial charge in [0.15, 0.2) is 0 Å². The molecule has 1 aromatic heterocycles. The number of aryl methyl sites for hydroxylation is 1. The van der Waals surface area contributed by atoms with Crippen molar-refractivity contribution >= 4 is 5.91 Å². The van der Waals surface area contributed by atoms with Crippen LogP contribution in [-0.2, 0) is 19.4 Å². The highest BCUT2D eigenvalue weighted by Crippen LogP contribution is 2.20. The minimum atomic E-state index is -0.393. The zero-order valence-corrected chi connectivity index (χ0v) is 8.42. The highest BCUT2D eigenvalue weighted by molar-refractivity contribution is 5.92. The van der Waals surface area contributed by atoms with Crippen molar-refractivity contribution in [1.29, 1.82) is 0 Å². The second-order valence-corrected chi connectivity index (χ2v) is 3.65. The van der Waals surface area contributed by atoms with Crippen molar-refractivity contribution in [3.8, 4) is 0 Å². The first-order valence-corrected chi connectivity index (χ1v) is 5.12. The number of rotatable bonds is 2. The molecule has 1 aliphatic rings. The Bertz CT molecular complexity index is 368. The Kier molecular flexibility index (Phi) is 2.27. The van der Waals surface area contributed by atoms with E-state index >= 15 is 0 Å². The van der Waals surface area contributed by atoms with Crippen LogP contribution in [0.5, 0.6) is 0 Å². The third kappa shape index (κ3) is 1.31. The SMILES string of the molecule is CCc1nc(C(N)=O)c2n1CCCC2. The van der Waals surface area contributed by atoms with Gasteiger partial charge in [-0.15, -0.1) is 0 Å². The van der Waals surface area contributed by atoms with E-state index in [2.05, 4.69) is 16.5 Å². The molecular weight excluding hydrogens is 178 g/mol. The third-order valence-corrected chi connectivity index (χ3v) is 2.75. The second-order valence-electron chi connectivity index (χ2n) is 3.65. The van der Waals surface area contributed by atoms with E-state index in [1.54, 1.807) is 0 Å². The van der Waals surface area contributed by atoms with E-state index in [1.807, 2.05) is 0 Å². The summed E-state index contributed by atoms with van der Waals surface area (Å²) in [5, 5.41) is 0. The standard InChI is InChI=1S/C10H15N3O/c1-2-8-12-9(10(11)14)7-5-3-4-6-13(7)8/h2-6H2,1H3,(H2,11,14). The molecule has 2 heterocycles. The number of aromatic nitrogens is 2. The molecule has 1 amide bonds. The van der Waals surface area contributed by atoms with E-state index in [0.29, 0.717) is 5.69 Å². The monoisotopic (exact) mass is 193 g/mol.